The van der Waals surface area contributed by atoms with Crippen LogP contribution in [0.25, 0.3) is 16.8 Å². The first-order chi connectivity index (χ1) is 17.0. The van der Waals surface area contributed by atoms with E-state index in [2.05, 4.69) is 38.0 Å². The molecule has 1 aromatic carbocycles. The third-order valence-electron chi connectivity index (χ3n) is 6.93. The molecular formula is C25H32N6O3S. The van der Waals surface area contributed by atoms with Gasteiger partial charge in [0.1, 0.15) is 17.4 Å². The molecule has 0 saturated carbocycles. The van der Waals surface area contributed by atoms with Crippen LogP contribution in [-0.4, -0.2) is 77.0 Å². The van der Waals surface area contributed by atoms with Crippen LogP contribution in [0.15, 0.2) is 30.6 Å². The number of hydrogen-bond acceptors (Lipinski definition) is 8. The highest BCUT2D eigenvalue weighted by Crippen LogP contribution is 2.35. The molecule has 2 aliphatic rings. The molecule has 0 radical (unpaired) electrons. The average Bonchev–Trinajstić information content (AvgIpc) is 3.49. The monoisotopic (exact) mass is 496 g/mol. The molecule has 9 nitrogen and oxygen atoms in total. The van der Waals surface area contributed by atoms with Crippen molar-refractivity contribution in [3.63, 3.8) is 0 Å². The second-order valence-electron chi connectivity index (χ2n) is 9.13. The SMILES string of the molecule is COc1cc(-c2cn3ncc(C)c3c(OC(C)C3CNC(=O)C3)n2)ccc1N1CCN(SC)CC1. The van der Waals surface area contributed by atoms with Crippen molar-refractivity contribution in [3.05, 3.63) is 36.2 Å². The molecule has 2 aliphatic heterocycles. The topological polar surface area (TPSA) is 84.2 Å². The van der Waals surface area contributed by atoms with Crippen molar-refractivity contribution in [1.82, 2.24) is 24.2 Å². The maximum absolute atomic E-state index is 11.7. The molecular weight excluding hydrogens is 464 g/mol. The van der Waals surface area contributed by atoms with Crippen molar-refractivity contribution in [2.75, 3.05) is 51.0 Å². The van der Waals surface area contributed by atoms with Crippen LogP contribution in [0.5, 0.6) is 11.6 Å². The van der Waals surface area contributed by atoms with E-state index in [1.807, 2.05) is 36.8 Å². The molecule has 2 unspecified atom stereocenters. The van der Waals surface area contributed by atoms with Gasteiger partial charge >= 0.3 is 0 Å². The Kier molecular flexibility index (Phi) is 6.75. The molecule has 35 heavy (non-hydrogen) atoms. The standard InChI is InChI=1S/C25H32N6O3S/c1-16-13-27-31-15-20(28-25(24(16)31)34-17(2)19-12-23(32)26-14-19)18-5-6-21(22(11-18)33-3)29-7-9-30(35-4)10-8-29/h5-6,11,13,15,17,19H,7-10,12,14H2,1-4H3,(H,26,32). The summed E-state index contributed by atoms with van der Waals surface area (Å²) in [6, 6.07) is 6.23. The lowest BCUT2D eigenvalue weighted by molar-refractivity contribution is -0.119. The summed E-state index contributed by atoms with van der Waals surface area (Å²) in [6.07, 6.45) is 6.17. The molecule has 2 fully saturated rings. The van der Waals surface area contributed by atoms with Gasteiger partial charge in [-0.25, -0.2) is 13.8 Å². The maximum Gasteiger partial charge on any atom is 0.241 e. The second-order valence-corrected chi connectivity index (χ2v) is 10.0. The van der Waals surface area contributed by atoms with Crippen molar-refractivity contribution < 1.29 is 14.3 Å². The van der Waals surface area contributed by atoms with E-state index < -0.39 is 0 Å². The highest BCUT2D eigenvalue weighted by Gasteiger charge is 2.29. The highest BCUT2D eigenvalue weighted by molar-refractivity contribution is 7.96. The van der Waals surface area contributed by atoms with Crippen LogP contribution in [0.2, 0.25) is 0 Å². The Morgan fingerprint density at radius 1 is 1.23 bits per heavy atom. The number of hydrogen-bond donors (Lipinski definition) is 1. The van der Waals surface area contributed by atoms with Crippen molar-refractivity contribution in [2.24, 2.45) is 5.92 Å². The first-order valence-electron chi connectivity index (χ1n) is 12.0. The summed E-state index contributed by atoms with van der Waals surface area (Å²) >= 11 is 1.80. The summed E-state index contributed by atoms with van der Waals surface area (Å²) in [6.45, 7) is 8.57. The van der Waals surface area contributed by atoms with Crippen molar-refractivity contribution >= 4 is 29.1 Å². The number of nitrogens with zero attached hydrogens (tertiary/aromatic N) is 5. The Hall–Kier alpha value is -2.98. The minimum absolute atomic E-state index is 0.0693. The molecule has 2 atom stereocenters. The number of anilines is 1. The van der Waals surface area contributed by atoms with Gasteiger partial charge in [-0.15, -0.1) is 0 Å². The molecule has 10 heteroatoms. The molecule has 0 bridgehead atoms. The Bertz CT molecular complexity index is 1220. The molecule has 1 N–H and O–H groups in total. The first-order valence-corrected chi connectivity index (χ1v) is 13.2. The number of piperazine rings is 1. The van der Waals surface area contributed by atoms with E-state index >= 15 is 0 Å². The van der Waals surface area contributed by atoms with Crippen LogP contribution in [0, 0.1) is 12.8 Å². The fourth-order valence-corrected chi connectivity index (χ4v) is 5.31. The first kappa shape index (κ1) is 23.7. The molecule has 3 aromatic rings. The number of nitrogens with one attached hydrogen (secondary N) is 1. The smallest absolute Gasteiger partial charge is 0.241 e. The second kappa shape index (κ2) is 9.94. The summed E-state index contributed by atoms with van der Waals surface area (Å²) in [5.74, 6) is 1.53. The quantitative estimate of drug-likeness (QED) is 0.500. The molecule has 2 aromatic heterocycles. The van der Waals surface area contributed by atoms with Gasteiger partial charge < -0.3 is 19.7 Å². The number of carbonyl (C=O) groups excluding carboxylic acids is 1. The molecule has 2 saturated heterocycles. The number of aryl methyl sites for hydroxylation is 1. The Morgan fingerprint density at radius 2 is 2.03 bits per heavy atom. The largest absolute Gasteiger partial charge is 0.495 e. The third-order valence-corrected chi connectivity index (χ3v) is 7.81. The number of fused-ring (bicyclic) bond motifs is 1. The number of amides is 1. The van der Waals surface area contributed by atoms with Crippen molar-refractivity contribution in [2.45, 2.75) is 26.4 Å². The van der Waals surface area contributed by atoms with Gasteiger partial charge in [0.05, 0.1) is 30.9 Å². The number of aromatic nitrogens is 3. The van der Waals surface area contributed by atoms with E-state index in [4.69, 9.17) is 14.5 Å². The number of methoxy groups -OCH3 is 1. The number of benzene rings is 1. The Balaban J connectivity index is 1.46. The van der Waals surface area contributed by atoms with Gasteiger partial charge in [-0.05, 0) is 32.2 Å². The molecule has 4 heterocycles. The lowest BCUT2D eigenvalue weighted by Gasteiger charge is -2.35. The molecule has 0 spiro atoms. The van der Waals surface area contributed by atoms with Crippen LogP contribution in [0.1, 0.15) is 18.9 Å². The van der Waals surface area contributed by atoms with E-state index in [0.29, 0.717) is 18.8 Å². The molecule has 186 valence electrons. The van der Waals surface area contributed by atoms with Crippen LogP contribution < -0.4 is 19.7 Å². The van der Waals surface area contributed by atoms with E-state index in [9.17, 15) is 4.79 Å². The van der Waals surface area contributed by atoms with Gasteiger partial charge in [0.2, 0.25) is 11.8 Å². The maximum atomic E-state index is 11.7. The summed E-state index contributed by atoms with van der Waals surface area (Å²) in [7, 11) is 1.71. The predicted molar refractivity (Wildman–Crippen MR) is 138 cm³/mol. The third kappa shape index (κ3) is 4.77. The zero-order valence-electron chi connectivity index (χ0n) is 20.7. The van der Waals surface area contributed by atoms with Gasteiger partial charge in [0.15, 0.2) is 0 Å². The van der Waals surface area contributed by atoms with Crippen LogP contribution in [0.4, 0.5) is 5.69 Å². The van der Waals surface area contributed by atoms with E-state index in [1.54, 1.807) is 19.1 Å². The van der Waals surface area contributed by atoms with Gasteiger partial charge in [-0.3, -0.25) is 4.79 Å². The number of ether oxygens (including phenoxy) is 2. The predicted octanol–water partition coefficient (Wildman–Crippen LogP) is 3.02. The Morgan fingerprint density at radius 3 is 2.71 bits per heavy atom. The van der Waals surface area contributed by atoms with Crippen LogP contribution in [-0.2, 0) is 4.79 Å². The van der Waals surface area contributed by atoms with Gasteiger partial charge in [0.25, 0.3) is 0 Å². The summed E-state index contributed by atoms with van der Waals surface area (Å²) in [5, 5.41) is 7.40. The Labute approximate surface area is 209 Å². The zero-order chi connectivity index (χ0) is 24.5. The van der Waals surface area contributed by atoms with Gasteiger partial charge in [0, 0.05) is 56.2 Å². The minimum atomic E-state index is -0.160. The lowest BCUT2D eigenvalue weighted by Crippen LogP contribution is -2.43. The van der Waals surface area contributed by atoms with E-state index in [-0.39, 0.29) is 17.9 Å². The minimum Gasteiger partial charge on any atom is -0.495 e. The lowest BCUT2D eigenvalue weighted by atomic mass is 10.0. The number of rotatable bonds is 7. The fourth-order valence-electron chi connectivity index (χ4n) is 4.78. The fraction of sp³-hybridized carbons (Fsp3) is 0.480. The number of carbonyl (C=O) groups is 1. The van der Waals surface area contributed by atoms with Crippen molar-refractivity contribution in [1.29, 1.82) is 0 Å². The van der Waals surface area contributed by atoms with E-state index in [1.165, 1.54) is 0 Å². The average molecular weight is 497 g/mol. The highest BCUT2D eigenvalue weighted by atomic mass is 32.2. The summed E-state index contributed by atoms with van der Waals surface area (Å²) in [4.78, 5) is 19.0. The summed E-state index contributed by atoms with van der Waals surface area (Å²) < 4.78 is 16.3. The molecule has 1 amide bonds. The zero-order valence-corrected chi connectivity index (χ0v) is 21.5. The summed E-state index contributed by atoms with van der Waals surface area (Å²) in [5.41, 5.74) is 4.60. The molecule has 0 aliphatic carbocycles. The normalized spacial score (nSPS) is 19.7. The van der Waals surface area contributed by atoms with Crippen LogP contribution >= 0.6 is 11.9 Å². The van der Waals surface area contributed by atoms with E-state index in [0.717, 1.165) is 60.0 Å². The van der Waals surface area contributed by atoms with Gasteiger partial charge in [-0.2, -0.15) is 5.10 Å². The van der Waals surface area contributed by atoms with Crippen LogP contribution in [0.3, 0.4) is 0 Å². The van der Waals surface area contributed by atoms with Crippen molar-refractivity contribution in [3.8, 4) is 22.9 Å². The molecule has 5 rings (SSSR count). The van der Waals surface area contributed by atoms with Gasteiger partial charge in [-0.1, -0.05) is 18.0 Å².